The number of hydrogen-bond donors (Lipinski definition) is 3. The minimum Gasteiger partial charge on any atom is -0.369 e. The summed E-state index contributed by atoms with van der Waals surface area (Å²) in [6, 6.07) is 7.93. The average molecular weight is 201 g/mol. The van der Waals surface area contributed by atoms with Crippen LogP contribution in [0.25, 0.3) is 10.9 Å². The SMILES string of the molecule is NC(N)=NN=Cc1ccc2cc[nH]c2c1. The second kappa shape index (κ2) is 3.83. The summed E-state index contributed by atoms with van der Waals surface area (Å²) in [5.74, 6) is -0.0489. The van der Waals surface area contributed by atoms with Crippen LogP contribution in [0.2, 0.25) is 0 Å². The summed E-state index contributed by atoms with van der Waals surface area (Å²) in [5, 5.41) is 8.41. The molecule has 0 unspecified atom stereocenters. The van der Waals surface area contributed by atoms with Crippen LogP contribution in [-0.2, 0) is 0 Å². The van der Waals surface area contributed by atoms with Gasteiger partial charge in [-0.15, -0.1) is 5.10 Å². The highest BCUT2D eigenvalue weighted by atomic mass is 15.3. The summed E-state index contributed by atoms with van der Waals surface area (Å²) < 4.78 is 0. The first-order valence-corrected chi connectivity index (χ1v) is 4.45. The molecule has 5 nitrogen and oxygen atoms in total. The summed E-state index contributed by atoms with van der Waals surface area (Å²) >= 11 is 0. The highest BCUT2D eigenvalue weighted by molar-refractivity contribution is 5.89. The van der Waals surface area contributed by atoms with Crippen molar-refractivity contribution in [2.24, 2.45) is 21.7 Å². The molecule has 1 aromatic carbocycles. The second-order valence-corrected chi connectivity index (χ2v) is 3.09. The van der Waals surface area contributed by atoms with Crippen LogP contribution in [0.15, 0.2) is 40.7 Å². The Balaban J connectivity index is 2.28. The zero-order chi connectivity index (χ0) is 10.7. The quantitative estimate of drug-likeness (QED) is 0.380. The van der Waals surface area contributed by atoms with E-state index in [1.54, 1.807) is 6.21 Å². The van der Waals surface area contributed by atoms with E-state index in [2.05, 4.69) is 15.2 Å². The molecule has 0 atom stereocenters. The number of benzene rings is 1. The fourth-order valence-electron chi connectivity index (χ4n) is 1.31. The molecule has 0 saturated carbocycles. The Labute approximate surface area is 86.5 Å². The van der Waals surface area contributed by atoms with Gasteiger partial charge in [0, 0.05) is 11.7 Å². The third-order valence-electron chi connectivity index (χ3n) is 1.96. The molecule has 0 saturated heterocycles. The van der Waals surface area contributed by atoms with Crippen LogP contribution in [0.5, 0.6) is 0 Å². The van der Waals surface area contributed by atoms with E-state index in [1.165, 1.54) is 0 Å². The zero-order valence-electron chi connectivity index (χ0n) is 8.01. The van der Waals surface area contributed by atoms with E-state index in [0.717, 1.165) is 16.5 Å². The van der Waals surface area contributed by atoms with Gasteiger partial charge in [-0.2, -0.15) is 5.10 Å². The van der Waals surface area contributed by atoms with Crippen LogP contribution in [0.4, 0.5) is 0 Å². The number of nitrogens with two attached hydrogens (primary N) is 2. The number of fused-ring (bicyclic) bond motifs is 1. The molecule has 15 heavy (non-hydrogen) atoms. The summed E-state index contributed by atoms with van der Waals surface area (Å²) in [7, 11) is 0. The first kappa shape index (κ1) is 9.26. The van der Waals surface area contributed by atoms with Gasteiger partial charge in [0.2, 0.25) is 5.96 Å². The summed E-state index contributed by atoms with van der Waals surface area (Å²) in [5.41, 5.74) is 12.3. The van der Waals surface area contributed by atoms with Gasteiger partial charge >= 0.3 is 0 Å². The lowest BCUT2D eigenvalue weighted by molar-refractivity contribution is 1.21. The molecule has 76 valence electrons. The predicted molar refractivity (Wildman–Crippen MR) is 61.7 cm³/mol. The minimum absolute atomic E-state index is 0.0489. The van der Waals surface area contributed by atoms with Gasteiger partial charge in [-0.3, -0.25) is 0 Å². The van der Waals surface area contributed by atoms with Crippen molar-refractivity contribution in [3.8, 4) is 0 Å². The molecule has 0 amide bonds. The van der Waals surface area contributed by atoms with Gasteiger partial charge in [-0.1, -0.05) is 12.1 Å². The molecule has 0 fully saturated rings. The number of guanidine groups is 1. The monoisotopic (exact) mass is 201 g/mol. The number of hydrogen-bond acceptors (Lipinski definition) is 2. The minimum atomic E-state index is -0.0489. The lowest BCUT2D eigenvalue weighted by Gasteiger charge is -1.92. The summed E-state index contributed by atoms with van der Waals surface area (Å²) in [6.45, 7) is 0. The van der Waals surface area contributed by atoms with E-state index in [0.29, 0.717) is 0 Å². The molecule has 2 rings (SSSR count). The molecule has 0 radical (unpaired) electrons. The van der Waals surface area contributed by atoms with Gasteiger partial charge < -0.3 is 16.5 Å². The third-order valence-corrected chi connectivity index (χ3v) is 1.96. The van der Waals surface area contributed by atoms with Crippen LogP contribution in [0.3, 0.4) is 0 Å². The van der Waals surface area contributed by atoms with Crippen molar-refractivity contribution in [3.63, 3.8) is 0 Å². The Hall–Kier alpha value is -2.30. The third kappa shape index (κ3) is 2.14. The molecular formula is C10H11N5. The number of H-pyrrole nitrogens is 1. The number of aromatic nitrogens is 1. The van der Waals surface area contributed by atoms with Crippen LogP contribution in [0, 0.1) is 0 Å². The molecule has 0 spiro atoms. The lowest BCUT2D eigenvalue weighted by atomic mass is 10.2. The Morgan fingerprint density at radius 3 is 2.93 bits per heavy atom. The highest BCUT2D eigenvalue weighted by Crippen LogP contribution is 2.12. The van der Waals surface area contributed by atoms with E-state index < -0.39 is 0 Å². The van der Waals surface area contributed by atoms with Crippen LogP contribution in [0.1, 0.15) is 5.56 Å². The van der Waals surface area contributed by atoms with E-state index in [1.807, 2.05) is 30.5 Å². The largest absolute Gasteiger partial charge is 0.369 e. The molecule has 0 aliphatic rings. The van der Waals surface area contributed by atoms with Crippen LogP contribution < -0.4 is 11.5 Å². The molecule has 1 heterocycles. The Morgan fingerprint density at radius 2 is 2.13 bits per heavy atom. The first-order chi connectivity index (χ1) is 7.25. The van der Waals surface area contributed by atoms with Gasteiger partial charge in [0.1, 0.15) is 0 Å². The maximum absolute atomic E-state index is 5.14. The van der Waals surface area contributed by atoms with E-state index in [9.17, 15) is 0 Å². The maximum atomic E-state index is 5.14. The van der Waals surface area contributed by atoms with E-state index in [4.69, 9.17) is 11.5 Å². The van der Waals surface area contributed by atoms with Crippen molar-refractivity contribution in [2.45, 2.75) is 0 Å². The Kier molecular flexibility index (Phi) is 2.37. The van der Waals surface area contributed by atoms with Crippen molar-refractivity contribution < 1.29 is 0 Å². The van der Waals surface area contributed by atoms with Crippen molar-refractivity contribution in [1.82, 2.24) is 4.98 Å². The highest BCUT2D eigenvalue weighted by Gasteiger charge is 1.94. The summed E-state index contributed by atoms with van der Waals surface area (Å²) in [4.78, 5) is 3.11. The fraction of sp³-hybridized carbons (Fsp3) is 0. The van der Waals surface area contributed by atoms with Gasteiger partial charge in [0.05, 0.1) is 6.21 Å². The molecule has 1 aromatic heterocycles. The molecule has 0 aliphatic carbocycles. The van der Waals surface area contributed by atoms with Crippen molar-refractivity contribution in [1.29, 1.82) is 0 Å². The van der Waals surface area contributed by atoms with Crippen LogP contribution >= 0.6 is 0 Å². The number of aromatic amines is 1. The Morgan fingerprint density at radius 1 is 1.27 bits per heavy atom. The first-order valence-electron chi connectivity index (χ1n) is 4.45. The molecule has 0 bridgehead atoms. The predicted octanol–water partition coefficient (Wildman–Crippen LogP) is 0.775. The van der Waals surface area contributed by atoms with E-state index >= 15 is 0 Å². The van der Waals surface area contributed by atoms with Crippen molar-refractivity contribution >= 4 is 23.1 Å². The Bertz CT molecular complexity index is 519. The average Bonchev–Trinajstić information content (AvgIpc) is 2.64. The number of rotatable bonds is 2. The normalized spacial score (nSPS) is 10.9. The van der Waals surface area contributed by atoms with Gasteiger partial charge in [-0.25, -0.2) is 0 Å². The van der Waals surface area contributed by atoms with E-state index in [-0.39, 0.29) is 5.96 Å². The molecular weight excluding hydrogens is 190 g/mol. The topological polar surface area (TPSA) is 92.6 Å². The lowest BCUT2D eigenvalue weighted by Crippen LogP contribution is -2.21. The smallest absolute Gasteiger partial charge is 0.211 e. The van der Waals surface area contributed by atoms with Crippen molar-refractivity contribution in [3.05, 3.63) is 36.0 Å². The summed E-state index contributed by atoms with van der Waals surface area (Å²) in [6.07, 6.45) is 3.49. The molecule has 0 aliphatic heterocycles. The zero-order valence-corrected chi connectivity index (χ0v) is 8.01. The second-order valence-electron chi connectivity index (χ2n) is 3.09. The molecule has 2 aromatic rings. The van der Waals surface area contributed by atoms with Gasteiger partial charge in [0.25, 0.3) is 0 Å². The number of nitrogens with one attached hydrogen (secondary N) is 1. The fourth-order valence-corrected chi connectivity index (χ4v) is 1.31. The van der Waals surface area contributed by atoms with Gasteiger partial charge in [-0.05, 0) is 23.1 Å². The van der Waals surface area contributed by atoms with Crippen molar-refractivity contribution in [2.75, 3.05) is 0 Å². The maximum Gasteiger partial charge on any atom is 0.211 e. The molecule has 5 heteroatoms. The standard InChI is InChI=1S/C10H11N5/c11-10(12)15-14-6-7-1-2-8-3-4-13-9(8)5-7/h1-6,13H,(H4,11,12,15). The number of nitrogens with zero attached hydrogens (tertiary/aromatic N) is 2. The molecule has 5 N–H and O–H groups in total. The van der Waals surface area contributed by atoms with Gasteiger partial charge in [0.15, 0.2) is 0 Å². The van der Waals surface area contributed by atoms with Crippen LogP contribution in [-0.4, -0.2) is 17.2 Å².